The number of hydrogen-bond donors (Lipinski definition) is 2. The highest BCUT2D eigenvalue weighted by molar-refractivity contribution is 6.14. The maximum atomic E-state index is 12.7. The van der Waals surface area contributed by atoms with E-state index in [2.05, 4.69) is 0 Å². The summed E-state index contributed by atoms with van der Waals surface area (Å²) in [7, 11) is 0. The number of benzene rings is 4. The van der Waals surface area contributed by atoms with Gasteiger partial charge in [0.1, 0.15) is 0 Å². The van der Waals surface area contributed by atoms with E-state index < -0.39 is 29.7 Å². The number of carbonyl (C=O) groups excluding carboxylic acids is 4. The second-order valence-corrected chi connectivity index (χ2v) is 8.22. The molecule has 2 N–H and O–H groups in total. The number of carbonyl (C=O) groups is 6. The van der Waals surface area contributed by atoms with E-state index in [0.29, 0.717) is 0 Å². The van der Waals surface area contributed by atoms with Gasteiger partial charge in [0.25, 0.3) is 0 Å². The molecule has 0 saturated carbocycles. The molecule has 9 heteroatoms. The molecule has 0 radical (unpaired) electrons. The first-order chi connectivity index (χ1) is 18.7. The maximum Gasteiger partial charge on any atom is 0.346 e. The maximum absolute atomic E-state index is 12.7. The molecule has 4 aromatic rings. The first-order valence-corrected chi connectivity index (χ1v) is 11.4. The molecular formula is C30H18O9. The first kappa shape index (κ1) is 26.4. The van der Waals surface area contributed by atoms with E-state index in [0.717, 1.165) is 0 Å². The molecule has 9 nitrogen and oxygen atoms in total. The molecule has 0 unspecified atom stereocenters. The van der Waals surface area contributed by atoms with E-state index in [-0.39, 0.29) is 50.3 Å². The molecule has 4 aromatic carbocycles. The van der Waals surface area contributed by atoms with Gasteiger partial charge in [-0.3, -0.25) is 9.59 Å². The minimum Gasteiger partial charge on any atom is -0.478 e. The smallest absolute Gasteiger partial charge is 0.346 e. The normalized spacial score (nSPS) is 10.4. The number of esters is 2. The Labute approximate surface area is 220 Å². The number of ether oxygens (including phenoxy) is 1. The molecule has 0 amide bonds. The van der Waals surface area contributed by atoms with E-state index >= 15 is 0 Å². The molecule has 0 aliphatic heterocycles. The van der Waals surface area contributed by atoms with Gasteiger partial charge < -0.3 is 14.9 Å². The van der Waals surface area contributed by atoms with Crippen LogP contribution < -0.4 is 0 Å². The Morgan fingerprint density at radius 3 is 1.18 bits per heavy atom. The predicted octanol–water partition coefficient (Wildman–Crippen LogP) is 4.54. The topological polar surface area (TPSA) is 152 Å². The van der Waals surface area contributed by atoms with Gasteiger partial charge in [-0.05, 0) is 42.5 Å². The number of carboxylic acids is 2. The van der Waals surface area contributed by atoms with E-state index in [1.165, 1.54) is 97.1 Å². The van der Waals surface area contributed by atoms with Gasteiger partial charge in [0.2, 0.25) is 0 Å². The third-order valence-corrected chi connectivity index (χ3v) is 5.75. The Balaban J connectivity index is 1.41. The zero-order valence-corrected chi connectivity index (χ0v) is 20.0. The van der Waals surface area contributed by atoms with Crippen molar-refractivity contribution >= 4 is 35.4 Å². The highest BCUT2D eigenvalue weighted by Gasteiger charge is 2.20. The molecule has 0 aliphatic carbocycles. The van der Waals surface area contributed by atoms with Crippen LogP contribution in [0.4, 0.5) is 0 Å². The van der Waals surface area contributed by atoms with Crippen molar-refractivity contribution in [2.75, 3.05) is 0 Å². The summed E-state index contributed by atoms with van der Waals surface area (Å²) in [6.45, 7) is 0. The van der Waals surface area contributed by atoms with Crippen LogP contribution in [0.15, 0.2) is 97.1 Å². The summed E-state index contributed by atoms with van der Waals surface area (Å²) in [5, 5.41) is 18.3. The van der Waals surface area contributed by atoms with Gasteiger partial charge in [0.05, 0.1) is 22.3 Å². The van der Waals surface area contributed by atoms with Crippen LogP contribution in [0.3, 0.4) is 0 Å². The molecule has 192 valence electrons. The van der Waals surface area contributed by atoms with Gasteiger partial charge in [0.15, 0.2) is 11.6 Å². The van der Waals surface area contributed by atoms with Gasteiger partial charge in [-0.15, -0.1) is 0 Å². The van der Waals surface area contributed by atoms with Gasteiger partial charge >= 0.3 is 23.9 Å². The number of ketones is 2. The Hall–Kier alpha value is -5.70. The summed E-state index contributed by atoms with van der Waals surface area (Å²) in [5.74, 6) is -5.22. The van der Waals surface area contributed by atoms with E-state index in [1.807, 2.05) is 0 Å². The van der Waals surface area contributed by atoms with Crippen LogP contribution in [0.1, 0.15) is 73.3 Å². The van der Waals surface area contributed by atoms with Crippen LogP contribution in [0, 0.1) is 0 Å². The highest BCUT2D eigenvalue weighted by atomic mass is 16.6. The molecule has 0 heterocycles. The lowest BCUT2D eigenvalue weighted by atomic mass is 9.97. The second-order valence-electron chi connectivity index (χ2n) is 8.22. The van der Waals surface area contributed by atoms with Crippen molar-refractivity contribution in [2.24, 2.45) is 0 Å². The van der Waals surface area contributed by atoms with Crippen molar-refractivity contribution in [3.8, 4) is 0 Å². The van der Waals surface area contributed by atoms with Gasteiger partial charge in [-0.25, -0.2) is 19.2 Å². The summed E-state index contributed by atoms with van der Waals surface area (Å²) in [6, 6.07) is 21.7. The molecule has 0 spiro atoms. The van der Waals surface area contributed by atoms with Crippen molar-refractivity contribution in [1.82, 2.24) is 0 Å². The lowest BCUT2D eigenvalue weighted by molar-refractivity contribution is 0.0396. The molecule has 0 aromatic heterocycles. The number of carboxylic acid groups (broad SMARTS) is 2. The fourth-order valence-corrected chi connectivity index (χ4v) is 3.67. The molecule has 0 saturated heterocycles. The Kier molecular flexibility index (Phi) is 7.53. The van der Waals surface area contributed by atoms with E-state index in [4.69, 9.17) is 9.84 Å². The van der Waals surface area contributed by atoms with Crippen molar-refractivity contribution in [1.29, 1.82) is 0 Å². The van der Waals surface area contributed by atoms with Crippen molar-refractivity contribution in [3.05, 3.63) is 142 Å². The first-order valence-electron chi connectivity index (χ1n) is 11.4. The highest BCUT2D eigenvalue weighted by Crippen LogP contribution is 2.17. The van der Waals surface area contributed by atoms with Crippen LogP contribution >= 0.6 is 0 Å². The molecular weight excluding hydrogens is 504 g/mol. The molecule has 39 heavy (non-hydrogen) atoms. The third kappa shape index (κ3) is 5.83. The zero-order valence-electron chi connectivity index (χ0n) is 20.0. The molecule has 0 aliphatic rings. The van der Waals surface area contributed by atoms with E-state index in [9.17, 15) is 33.9 Å². The Bertz CT molecular complexity index is 1610. The van der Waals surface area contributed by atoms with Crippen molar-refractivity contribution < 1.29 is 43.7 Å². The lowest BCUT2D eigenvalue weighted by Gasteiger charge is -2.07. The van der Waals surface area contributed by atoms with Crippen LogP contribution in [-0.2, 0) is 4.74 Å². The third-order valence-electron chi connectivity index (χ3n) is 5.75. The minimum absolute atomic E-state index is 0.00490. The molecule has 0 fully saturated rings. The SMILES string of the molecule is O=C(O)c1ccc(C(=O)c2ccc(C(=O)OC(=O)c3ccc(C(=O)c4ccccc4C(=O)O)cc3)cc2)cc1. The molecule has 0 bridgehead atoms. The van der Waals surface area contributed by atoms with Gasteiger partial charge in [-0.2, -0.15) is 0 Å². The quantitative estimate of drug-likeness (QED) is 0.193. The monoisotopic (exact) mass is 522 g/mol. The van der Waals surface area contributed by atoms with E-state index in [1.54, 1.807) is 0 Å². The Morgan fingerprint density at radius 2 is 0.769 bits per heavy atom. The van der Waals surface area contributed by atoms with Crippen molar-refractivity contribution in [2.45, 2.75) is 0 Å². The summed E-state index contributed by atoms with van der Waals surface area (Å²) in [5.41, 5.74) is 0.532. The van der Waals surface area contributed by atoms with Crippen molar-refractivity contribution in [3.63, 3.8) is 0 Å². The molecule has 4 rings (SSSR count). The summed E-state index contributed by atoms with van der Waals surface area (Å²) < 4.78 is 4.90. The largest absolute Gasteiger partial charge is 0.478 e. The predicted molar refractivity (Wildman–Crippen MR) is 136 cm³/mol. The fraction of sp³-hybridized carbons (Fsp3) is 0. The minimum atomic E-state index is -1.25. The lowest BCUT2D eigenvalue weighted by Crippen LogP contribution is -2.14. The summed E-state index contributed by atoms with van der Waals surface area (Å²) in [4.78, 5) is 72.6. The van der Waals surface area contributed by atoms with Crippen LogP contribution in [0.2, 0.25) is 0 Å². The van der Waals surface area contributed by atoms with Crippen LogP contribution in [0.5, 0.6) is 0 Å². The average Bonchev–Trinajstić information content (AvgIpc) is 2.96. The van der Waals surface area contributed by atoms with Crippen LogP contribution in [-0.4, -0.2) is 45.7 Å². The van der Waals surface area contributed by atoms with Gasteiger partial charge in [0, 0.05) is 22.3 Å². The van der Waals surface area contributed by atoms with Gasteiger partial charge in [-0.1, -0.05) is 54.6 Å². The Morgan fingerprint density at radius 1 is 0.410 bits per heavy atom. The number of rotatable bonds is 8. The summed E-state index contributed by atoms with van der Waals surface area (Å²) in [6.07, 6.45) is 0. The fourth-order valence-electron chi connectivity index (χ4n) is 3.67. The summed E-state index contributed by atoms with van der Waals surface area (Å²) >= 11 is 0. The second kappa shape index (κ2) is 11.1. The average molecular weight is 522 g/mol. The van der Waals surface area contributed by atoms with Crippen LogP contribution in [0.25, 0.3) is 0 Å². The number of hydrogen-bond acceptors (Lipinski definition) is 7. The zero-order chi connectivity index (χ0) is 28.1. The number of aromatic carboxylic acids is 2. The standard InChI is InChI=1S/C30H18O9/c31-25(17-5-11-20(12-6-17)27(33)34)18-7-13-21(14-8-18)29(37)39-30(38)22-15-9-19(10-16-22)26(32)23-3-1-2-4-24(23)28(35)36/h1-16H,(H,33,34)(H,35,36). The molecule has 0 atom stereocenters.